The first-order chi connectivity index (χ1) is 16.2. The van der Waals surface area contributed by atoms with Gasteiger partial charge < -0.3 is 9.84 Å². The number of carbonyl (C=O) groups is 1. The van der Waals surface area contributed by atoms with Crippen molar-refractivity contribution in [1.82, 2.24) is 4.98 Å². The maximum Gasteiger partial charge on any atom is 0.416 e. The fourth-order valence-corrected chi connectivity index (χ4v) is 3.73. The number of benzene rings is 2. The summed E-state index contributed by atoms with van der Waals surface area (Å²) in [5.74, 6) is -0.418. The highest BCUT2D eigenvalue weighted by Crippen LogP contribution is 2.34. The lowest BCUT2D eigenvalue weighted by Crippen LogP contribution is -2.10. The van der Waals surface area contributed by atoms with Crippen LogP contribution in [-0.2, 0) is 17.4 Å². The summed E-state index contributed by atoms with van der Waals surface area (Å²) in [4.78, 5) is 15.5. The SMILES string of the molecule is CCCC[C@H](Oc1ccc(CCC(=O)O)cc1Cl)c1cccc(-c2ccc(C(F)(F)F)cc2)n1. The number of pyridine rings is 1. The van der Waals surface area contributed by atoms with Gasteiger partial charge in [-0.25, -0.2) is 4.98 Å². The summed E-state index contributed by atoms with van der Waals surface area (Å²) >= 11 is 6.40. The third-order valence-electron chi connectivity index (χ3n) is 5.32. The number of carboxylic acid groups (broad SMARTS) is 1. The Morgan fingerprint density at radius 1 is 1.12 bits per heavy atom. The molecule has 0 amide bonds. The van der Waals surface area contributed by atoms with Crippen molar-refractivity contribution in [3.8, 4) is 17.0 Å². The lowest BCUT2D eigenvalue weighted by molar-refractivity contribution is -0.138. The molecule has 8 heteroatoms. The first kappa shape index (κ1) is 25.6. The van der Waals surface area contributed by atoms with Crippen molar-refractivity contribution in [3.63, 3.8) is 0 Å². The predicted octanol–water partition coefficient (Wildman–Crippen LogP) is 7.75. The molecular formula is C26H25ClF3NO3. The Labute approximate surface area is 201 Å². The normalized spacial score (nSPS) is 12.4. The molecule has 3 aromatic rings. The van der Waals surface area contributed by atoms with Crippen LogP contribution in [0.5, 0.6) is 5.75 Å². The number of nitrogens with zero attached hydrogens (tertiary/aromatic N) is 1. The molecule has 3 rings (SSSR count). The molecule has 34 heavy (non-hydrogen) atoms. The lowest BCUT2D eigenvalue weighted by atomic mass is 10.1. The van der Waals surface area contributed by atoms with Crippen molar-refractivity contribution in [1.29, 1.82) is 0 Å². The molecule has 0 saturated carbocycles. The zero-order valence-corrected chi connectivity index (χ0v) is 19.4. The summed E-state index contributed by atoms with van der Waals surface area (Å²) < 4.78 is 44.9. The molecule has 1 N–H and O–H groups in total. The van der Waals surface area contributed by atoms with Crippen LogP contribution < -0.4 is 4.74 Å². The number of aliphatic carboxylic acids is 1. The Morgan fingerprint density at radius 2 is 1.85 bits per heavy atom. The van der Waals surface area contributed by atoms with Gasteiger partial charge in [0.25, 0.3) is 0 Å². The minimum Gasteiger partial charge on any atom is -0.483 e. The minimum atomic E-state index is -4.39. The Balaban J connectivity index is 1.84. The molecule has 180 valence electrons. The van der Waals surface area contributed by atoms with E-state index in [4.69, 9.17) is 21.4 Å². The molecule has 1 aromatic heterocycles. The fourth-order valence-electron chi connectivity index (χ4n) is 3.48. The third-order valence-corrected chi connectivity index (χ3v) is 5.62. The van der Waals surface area contributed by atoms with Crippen LogP contribution in [0.3, 0.4) is 0 Å². The fraction of sp³-hybridized carbons (Fsp3) is 0.308. The van der Waals surface area contributed by atoms with Crippen LogP contribution in [0.1, 0.15) is 55.5 Å². The smallest absolute Gasteiger partial charge is 0.416 e. The average molecular weight is 492 g/mol. The van der Waals surface area contributed by atoms with Crippen molar-refractivity contribution in [2.45, 2.75) is 51.3 Å². The van der Waals surface area contributed by atoms with Crippen molar-refractivity contribution in [2.24, 2.45) is 0 Å². The van der Waals surface area contributed by atoms with Crippen LogP contribution >= 0.6 is 11.6 Å². The molecule has 0 fully saturated rings. The van der Waals surface area contributed by atoms with E-state index in [-0.39, 0.29) is 6.42 Å². The summed E-state index contributed by atoms with van der Waals surface area (Å²) in [5, 5.41) is 9.24. The Hall–Kier alpha value is -3.06. The summed E-state index contributed by atoms with van der Waals surface area (Å²) in [5.41, 5.74) is 1.86. The van der Waals surface area contributed by atoms with E-state index >= 15 is 0 Å². The molecular weight excluding hydrogens is 467 g/mol. The van der Waals surface area contributed by atoms with Gasteiger partial charge in [0.1, 0.15) is 11.9 Å². The first-order valence-electron chi connectivity index (χ1n) is 11.0. The zero-order chi connectivity index (χ0) is 24.7. The van der Waals surface area contributed by atoms with Gasteiger partial charge in [-0.3, -0.25) is 4.79 Å². The summed E-state index contributed by atoms with van der Waals surface area (Å²) in [6, 6.07) is 15.5. The lowest BCUT2D eigenvalue weighted by Gasteiger charge is -2.20. The number of hydrogen-bond acceptors (Lipinski definition) is 3. The third kappa shape index (κ3) is 6.97. The van der Waals surface area contributed by atoms with Crippen LogP contribution in [0.15, 0.2) is 60.7 Å². The van der Waals surface area contributed by atoms with Crippen LogP contribution in [0.2, 0.25) is 5.02 Å². The standard InChI is InChI=1S/C26H25ClF3NO3/c1-2-3-7-24(34-23-14-8-17(16-20(23)27)9-15-25(32)33)22-6-4-5-21(31-22)18-10-12-19(13-11-18)26(28,29)30/h4-6,8,10-14,16,24H,2-3,7,9,15H2,1H3,(H,32,33)/t24-/m0/s1. The molecule has 0 radical (unpaired) electrons. The van der Waals surface area contributed by atoms with Crippen LogP contribution in [-0.4, -0.2) is 16.1 Å². The van der Waals surface area contributed by atoms with Gasteiger partial charge in [0.15, 0.2) is 0 Å². The van der Waals surface area contributed by atoms with Gasteiger partial charge in [0, 0.05) is 12.0 Å². The second kappa shape index (κ2) is 11.4. The Morgan fingerprint density at radius 3 is 2.47 bits per heavy atom. The monoisotopic (exact) mass is 491 g/mol. The number of carboxylic acids is 1. The highest BCUT2D eigenvalue weighted by Gasteiger charge is 2.30. The summed E-state index contributed by atoms with van der Waals surface area (Å²) in [7, 11) is 0. The van der Waals surface area contributed by atoms with Crippen molar-refractivity contribution >= 4 is 17.6 Å². The van der Waals surface area contributed by atoms with Crippen molar-refractivity contribution in [3.05, 3.63) is 82.5 Å². The Bertz CT molecular complexity index is 1120. The van der Waals surface area contributed by atoms with Crippen LogP contribution in [0.25, 0.3) is 11.3 Å². The topological polar surface area (TPSA) is 59.4 Å². The van der Waals surface area contributed by atoms with Gasteiger partial charge in [0.2, 0.25) is 0 Å². The van der Waals surface area contributed by atoms with Gasteiger partial charge in [-0.05, 0) is 61.2 Å². The predicted molar refractivity (Wildman–Crippen MR) is 125 cm³/mol. The number of rotatable bonds is 10. The maximum atomic E-state index is 12.9. The van der Waals surface area contributed by atoms with Crippen LogP contribution in [0, 0.1) is 0 Å². The van der Waals surface area contributed by atoms with E-state index in [0.717, 1.165) is 30.5 Å². The van der Waals surface area contributed by atoms with Gasteiger partial charge in [-0.1, -0.05) is 49.2 Å². The van der Waals surface area contributed by atoms with E-state index < -0.39 is 23.8 Å². The molecule has 0 aliphatic heterocycles. The molecule has 1 heterocycles. The van der Waals surface area contributed by atoms with Gasteiger partial charge in [-0.2, -0.15) is 13.2 Å². The quantitative estimate of drug-likeness (QED) is 0.315. The molecule has 0 saturated heterocycles. The van der Waals surface area contributed by atoms with E-state index in [9.17, 15) is 18.0 Å². The number of aromatic nitrogens is 1. The zero-order valence-electron chi connectivity index (χ0n) is 18.6. The highest BCUT2D eigenvalue weighted by atomic mass is 35.5. The maximum absolute atomic E-state index is 12.9. The van der Waals surface area contributed by atoms with Gasteiger partial charge in [-0.15, -0.1) is 0 Å². The van der Waals surface area contributed by atoms with Gasteiger partial charge >= 0.3 is 12.1 Å². The van der Waals surface area contributed by atoms with Gasteiger partial charge in [0.05, 0.1) is 22.0 Å². The van der Waals surface area contributed by atoms with E-state index in [1.54, 1.807) is 30.3 Å². The van der Waals surface area contributed by atoms with Crippen molar-refractivity contribution < 1.29 is 27.8 Å². The second-order valence-electron chi connectivity index (χ2n) is 7.93. The second-order valence-corrected chi connectivity index (χ2v) is 8.34. The van der Waals surface area contributed by atoms with E-state index in [0.29, 0.717) is 40.6 Å². The molecule has 0 bridgehead atoms. The Kier molecular flexibility index (Phi) is 8.56. The summed E-state index contributed by atoms with van der Waals surface area (Å²) in [6.07, 6.45) is -1.92. The molecule has 4 nitrogen and oxygen atoms in total. The summed E-state index contributed by atoms with van der Waals surface area (Å²) in [6.45, 7) is 2.06. The van der Waals surface area contributed by atoms with E-state index in [2.05, 4.69) is 11.9 Å². The number of ether oxygens (including phenoxy) is 1. The minimum absolute atomic E-state index is 0.0102. The number of unbranched alkanes of at least 4 members (excludes halogenated alkanes) is 1. The van der Waals surface area contributed by atoms with Crippen molar-refractivity contribution in [2.75, 3.05) is 0 Å². The first-order valence-corrected chi connectivity index (χ1v) is 11.4. The number of hydrogen-bond donors (Lipinski definition) is 1. The van der Waals surface area contributed by atoms with E-state index in [1.165, 1.54) is 12.1 Å². The molecule has 0 aliphatic rings. The number of halogens is 4. The molecule has 0 aliphatic carbocycles. The van der Waals surface area contributed by atoms with Crippen LogP contribution in [0.4, 0.5) is 13.2 Å². The molecule has 0 spiro atoms. The number of alkyl halides is 3. The number of aryl methyl sites for hydroxylation is 1. The molecule has 2 aromatic carbocycles. The largest absolute Gasteiger partial charge is 0.483 e. The molecule has 0 unspecified atom stereocenters. The molecule has 1 atom stereocenters. The van der Waals surface area contributed by atoms with E-state index in [1.807, 2.05) is 6.07 Å². The average Bonchev–Trinajstić information content (AvgIpc) is 2.81. The highest BCUT2D eigenvalue weighted by molar-refractivity contribution is 6.32.